The van der Waals surface area contributed by atoms with Gasteiger partial charge in [-0.3, -0.25) is 0 Å². The van der Waals surface area contributed by atoms with E-state index in [4.69, 9.17) is 29.9 Å². The van der Waals surface area contributed by atoms with Gasteiger partial charge in [0.2, 0.25) is 0 Å². The van der Waals surface area contributed by atoms with Crippen molar-refractivity contribution in [2.45, 2.75) is 37.5 Å². The van der Waals surface area contributed by atoms with Crippen LogP contribution in [0.3, 0.4) is 0 Å². The molecule has 10 aromatic rings. The largest absolute Gasteiger partial charge is 0.208 e. The van der Waals surface area contributed by atoms with Crippen LogP contribution in [0.4, 0.5) is 0 Å². The van der Waals surface area contributed by atoms with Crippen LogP contribution < -0.4 is 0 Å². The number of fused-ring (bicyclic) bond motifs is 3. The van der Waals surface area contributed by atoms with Crippen LogP contribution in [0.15, 0.2) is 206 Å². The molecule has 4 bridgehead atoms. The second-order valence-electron chi connectivity index (χ2n) is 19.9. The quantitative estimate of drug-likeness (QED) is 0.151. The molecular weight excluding hydrogens is 853 g/mol. The molecule has 4 saturated carbocycles. The van der Waals surface area contributed by atoms with Crippen LogP contribution in [0.5, 0.6) is 0 Å². The Morgan fingerprint density at radius 1 is 0.271 bits per heavy atom. The minimum Gasteiger partial charge on any atom is -0.208 e. The number of rotatable bonds is 8. The van der Waals surface area contributed by atoms with Gasteiger partial charge in [0.15, 0.2) is 34.9 Å². The van der Waals surface area contributed by atoms with Crippen LogP contribution in [0.2, 0.25) is 0 Å². The number of hydrogen-bond donors (Lipinski definition) is 0. The molecule has 5 aliphatic carbocycles. The highest BCUT2D eigenvalue weighted by atomic mass is 15.0. The van der Waals surface area contributed by atoms with E-state index >= 15 is 0 Å². The molecule has 0 atom stereocenters. The molecule has 0 saturated heterocycles. The first-order valence-corrected chi connectivity index (χ1v) is 24.9. The van der Waals surface area contributed by atoms with Crippen molar-refractivity contribution in [3.8, 4) is 102 Å². The number of nitrogens with zero attached hydrogens (tertiary/aromatic N) is 6. The van der Waals surface area contributed by atoms with Crippen molar-refractivity contribution in [1.29, 1.82) is 0 Å². The molecule has 2 heterocycles. The number of benzene rings is 8. The fourth-order valence-corrected chi connectivity index (χ4v) is 13.2. The van der Waals surface area contributed by atoms with Gasteiger partial charge in [0, 0.05) is 38.8 Å². The van der Waals surface area contributed by atoms with Crippen LogP contribution >= 0.6 is 0 Å². The number of hydrogen-bond acceptors (Lipinski definition) is 6. The molecule has 2 aromatic heterocycles. The summed E-state index contributed by atoms with van der Waals surface area (Å²) in [6.45, 7) is 0. The van der Waals surface area contributed by atoms with E-state index in [1.54, 1.807) is 0 Å². The monoisotopic (exact) mass is 900 g/mol. The molecule has 70 heavy (non-hydrogen) atoms. The van der Waals surface area contributed by atoms with Gasteiger partial charge in [-0.15, -0.1) is 0 Å². The summed E-state index contributed by atoms with van der Waals surface area (Å²) in [5, 5.41) is 0. The van der Waals surface area contributed by atoms with Gasteiger partial charge in [0.05, 0.1) is 0 Å². The normalized spacial score (nSPS) is 20.3. The molecular formula is C64H48N6. The first-order chi connectivity index (χ1) is 34.6. The Bertz CT molecular complexity index is 3470. The molecule has 0 unspecified atom stereocenters. The second kappa shape index (κ2) is 16.5. The van der Waals surface area contributed by atoms with E-state index in [9.17, 15) is 0 Å². The minimum atomic E-state index is -0.0356. The summed E-state index contributed by atoms with van der Waals surface area (Å²) in [5.41, 5.74) is 16.4. The Morgan fingerprint density at radius 2 is 0.643 bits per heavy atom. The third-order valence-corrected chi connectivity index (χ3v) is 16.0. The Morgan fingerprint density at radius 3 is 1.11 bits per heavy atom. The minimum absolute atomic E-state index is 0.0356. The van der Waals surface area contributed by atoms with Crippen LogP contribution in [0, 0.1) is 23.7 Å². The van der Waals surface area contributed by atoms with Crippen LogP contribution in [-0.4, -0.2) is 29.9 Å². The highest BCUT2D eigenvalue weighted by Crippen LogP contribution is 2.70. The van der Waals surface area contributed by atoms with Crippen molar-refractivity contribution in [2.75, 3.05) is 0 Å². The van der Waals surface area contributed by atoms with E-state index in [0.717, 1.165) is 50.8 Å². The maximum atomic E-state index is 5.13. The zero-order valence-corrected chi connectivity index (χ0v) is 38.7. The molecule has 6 heteroatoms. The average Bonchev–Trinajstić information content (AvgIpc) is 3.74. The van der Waals surface area contributed by atoms with Gasteiger partial charge >= 0.3 is 0 Å². The molecule has 8 aromatic carbocycles. The Kier molecular flexibility index (Phi) is 9.61. The Hall–Kier alpha value is -8.22. The highest BCUT2D eigenvalue weighted by molar-refractivity contribution is 5.95. The molecule has 4 fully saturated rings. The predicted molar refractivity (Wildman–Crippen MR) is 280 cm³/mol. The summed E-state index contributed by atoms with van der Waals surface area (Å²) in [6.07, 6.45) is 6.65. The molecule has 5 aliphatic rings. The molecule has 334 valence electrons. The summed E-state index contributed by atoms with van der Waals surface area (Å²) < 4.78 is 0. The molecule has 1 spiro atoms. The zero-order chi connectivity index (χ0) is 46.2. The van der Waals surface area contributed by atoms with Crippen molar-refractivity contribution in [3.05, 3.63) is 217 Å². The summed E-state index contributed by atoms with van der Waals surface area (Å²) >= 11 is 0. The van der Waals surface area contributed by atoms with Crippen LogP contribution in [0.1, 0.15) is 43.2 Å². The first kappa shape index (κ1) is 40.8. The van der Waals surface area contributed by atoms with Gasteiger partial charge in [-0.25, -0.2) is 29.9 Å². The van der Waals surface area contributed by atoms with E-state index in [-0.39, 0.29) is 5.41 Å². The second-order valence-corrected chi connectivity index (χ2v) is 19.9. The van der Waals surface area contributed by atoms with Gasteiger partial charge < -0.3 is 0 Å². The van der Waals surface area contributed by atoms with Gasteiger partial charge in [-0.1, -0.05) is 188 Å². The molecule has 0 radical (unpaired) electrons. The third-order valence-electron chi connectivity index (χ3n) is 16.0. The van der Waals surface area contributed by atoms with E-state index in [1.165, 1.54) is 71.0 Å². The van der Waals surface area contributed by atoms with Gasteiger partial charge in [-0.2, -0.15) is 0 Å². The first-order valence-electron chi connectivity index (χ1n) is 24.9. The highest BCUT2D eigenvalue weighted by Gasteiger charge is 2.61. The van der Waals surface area contributed by atoms with Gasteiger partial charge in [0.25, 0.3) is 0 Å². The summed E-state index contributed by atoms with van der Waals surface area (Å²) in [4.78, 5) is 30.4. The SMILES string of the molecule is c1ccc(-c2nc(-c3ccccc3)nc(-c3cccc(-c4ccc5c(c4)C4(c6cccc(-c7cccc(-c8nc(-c9ccccc9)nc(-c9ccccc9)n8)c7)c6-5)C5CC6CC(C5)CC4C6)c3)n2)cc1. The van der Waals surface area contributed by atoms with E-state index < -0.39 is 0 Å². The van der Waals surface area contributed by atoms with Crippen molar-refractivity contribution in [3.63, 3.8) is 0 Å². The fraction of sp³-hybridized carbons (Fsp3) is 0.156. The van der Waals surface area contributed by atoms with Gasteiger partial charge in [0.1, 0.15) is 0 Å². The van der Waals surface area contributed by atoms with E-state index in [2.05, 4.69) is 133 Å². The summed E-state index contributed by atoms with van der Waals surface area (Å²) in [7, 11) is 0. The van der Waals surface area contributed by atoms with Crippen molar-refractivity contribution >= 4 is 0 Å². The lowest BCUT2D eigenvalue weighted by Gasteiger charge is -2.61. The van der Waals surface area contributed by atoms with Crippen molar-refractivity contribution < 1.29 is 0 Å². The van der Waals surface area contributed by atoms with Crippen LogP contribution in [0.25, 0.3) is 102 Å². The Balaban J connectivity index is 0.900. The molecule has 0 aliphatic heterocycles. The Labute approximate surface area is 408 Å². The number of aromatic nitrogens is 6. The molecule has 15 rings (SSSR count). The maximum Gasteiger partial charge on any atom is 0.164 e. The topological polar surface area (TPSA) is 77.3 Å². The maximum absolute atomic E-state index is 5.13. The molecule has 6 nitrogen and oxygen atoms in total. The predicted octanol–water partition coefficient (Wildman–Crippen LogP) is 15.1. The van der Waals surface area contributed by atoms with E-state index in [1.807, 2.05) is 72.8 Å². The lowest BCUT2D eigenvalue weighted by Crippen LogP contribution is -2.55. The van der Waals surface area contributed by atoms with Crippen molar-refractivity contribution in [2.24, 2.45) is 23.7 Å². The smallest absolute Gasteiger partial charge is 0.164 e. The lowest BCUT2D eigenvalue weighted by atomic mass is 9.43. The fourth-order valence-electron chi connectivity index (χ4n) is 13.2. The van der Waals surface area contributed by atoms with Crippen molar-refractivity contribution in [1.82, 2.24) is 29.9 Å². The summed E-state index contributed by atoms with van der Waals surface area (Å²) in [6, 6.07) is 73.1. The van der Waals surface area contributed by atoms with E-state index in [0.29, 0.717) is 46.8 Å². The molecule has 0 N–H and O–H groups in total. The lowest BCUT2D eigenvalue weighted by molar-refractivity contribution is -0.0399. The van der Waals surface area contributed by atoms with Gasteiger partial charge in [-0.05, 0) is 118 Å². The third kappa shape index (κ3) is 6.76. The summed E-state index contributed by atoms with van der Waals surface area (Å²) in [5.74, 6) is 6.89. The average molecular weight is 901 g/mol. The zero-order valence-electron chi connectivity index (χ0n) is 38.7. The van der Waals surface area contributed by atoms with Crippen LogP contribution in [-0.2, 0) is 5.41 Å². The molecule has 0 amide bonds. The standard InChI is InChI=1S/C64H48N6/c1-5-16-42(17-6-1)58-65-59(43-18-7-2-8-19-43)68-62(67-58)49-26-13-24-46(37-49)47-30-31-54-56(39-47)64(51-33-40-32-41(35-51)36-52(64)34-40)55-29-15-28-53(57(54)55)48-25-14-27-50(38-48)63-69-60(44-20-9-3-10-21-44)66-61(70-63)45-22-11-4-12-23-45/h1-31,37-41,51-52H,32-36H2.